The van der Waals surface area contributed by atoms with E-state index < -0.39 is 12.4 Å². The van der Waals surface area contributed by atoms with Gasteiger partial charge >= 0.3 is 12.4 Å². The van der Waals surface area contributed by atoms with Crippen molar-refractivity contribution in [2.45, 2.75) is 46.4 Å². The van der Waals surface area contributed by atoms with Crippen LogP contribution in [-0.4, -0.2) is 51.0 Å². The highest BCUT2D eigenvalue weighted by atomic mass is 32.2. The first-order chi connectivity index (χ1) is 21.3. The lowest BCUT2D eigenvalue weighted by atomic mass is 9.98. The number of halogens is 3. The van der Waals surface area contributed by atoms with E-state index >= 15 is 0 Å². The quantitative estimate of drug-likeness (QED) is 0.161. The summed E-state index contributed by atoms with van der Waals surface area (Å²) in [6, 6.07) is 18.1. The molecule has 0 aliphatic rings. The van der Waals surface area contributed by atoms with Crippen LogP contribution in [0.3, 0.4) is 0 Å². The summed E-state index contributed by atoms with van der Waals surface area (Å²) in [4.78, 5) is 35.4. The van der Waals surface area contributed by atoms with E-state index in [1.165, 1.54) is 58.9 Å². The molecule has 3 amide bonds. The Kier molecular flexibility index (Phi) is 10.7. The van der Waals surface area contributed by atoms with E-state index in [4.69, 9.17) is 0 Å². The van der Waals surface area contributed by atoms with Gasteiger partial charge in [0.15, 0.2) is 11.0 Å². The third-order valence-corrected chi connectivity index (χ3v) is 7.30. The van der Waals surface area contributed by atoms with E-state index in [0.717, 1.165) is 22.3 Å². The number of aliphatic imine (C=N–C) groups is 1. The Labute approximate surface area is 263 Å². The molecule has 1 N–H and O–H groups in total. The fraction of sp³-hybridized carbons (Fsp3) is 0.281. The van der Waals surface area contributed by atoms with E-state index in [2.05, 4.69) is 39.0 Å². The number of alkyl halides is 3. The number of ether oxygens (including phenoxy) is 1. The molecule has 0 atom stereocenters. The minimum atomic E-state index is -4.76. The minimum absolute atomic E-state index is 0.166. The van der Waals surface area contributed by atoms with Crippen molar-refractivity contribution in [1.82, 2.24) is 20.1 Å². The number of amides is 3. The summed E-state index contributed by atoms with van der Waals surface area (Å²) in [6.45, 7) is 7.88. The predicted molar refractivity (Wildman–Crippen MR) is 170 cm³/mol. The molecule has 1 aromatic heterocycles. The van der Waals surface area contributed by atoms with Gasteiger partial charge in [-0.05, 0) is 67.0 Å². The highest BCUT2D eigenvalue weighted by molar-refractivity contribution is 8.13. The number of anilines is 1. The molecule has 0 unspecified atom stereocenters. The van der Waals surface area contributed by atoms with Crippen LogP contribution >= 0.6 is 11.8 Å². The van der Waals surface area contributed by atoms with Gasteiger partial charge in [-0.3, -0.25) is 9.69 Å². The number of carbonyl (C=O) groups is 2. The molecule has 0 aliphatic carbocycles. The summed E-state index contributed by atoms with van der Waals surface area (Å²) in [5.74, 6) is 0.0394. The van der Waals surface area contributed by atoms with Gasteiger partial charge in [-0.1, -0.05) is 67.6 Å². The van der Waals surface area contributed by atoms with E-state index in [1.54, 1.807) is 6.26 Å². The van der Waals surface area contributed by atoms with Gasteiger partial charge in [0.25, 0.3) is 0 Å². The average Bonchev–Trinajstić information content (AvgIpc) is 3.47. The fourth-order valence-corrected chi connectivity index (χ4v) is 5.10. The van der Waals surface area contributed by atoms with Crippen molar-refractivity contribution < 1.29 is 27.5 Å². The van der Waals surface area contributed by atoms with Crippen LogP contribution in [0, 0.1) is 6.92 Å². The van der Waals surface area contributed by atoms with Crippen molar-refractivity contribution in [2.75, 3.05) is 17.7 Å². The van der Waals surface area contributed by atoms with Gasteiger partial charge < -0.3 is 10.1 Å². The lowest BCUT2D eigenvalue weighted by Gasteiger charge is -2.25. The zero-order valence-electron chi connectivity index (χ0n) is 25.4. The van der Waals surface area contributed by atoms with Crippen molar-refractivity contribution in [1.29, 1.82) is 0 Å². The smallest absolute Gasteiger partial charge is 0.406 e. The number of rotatable bonds is 8. The first kappa shape index (κ1) is 33.2. The van der Waals surface area contributed by atoms with Crippen LogP contribution in [0.2, 0.25) is 0 Å². The zero-order chi connectivity index (χ0) is 32.7. The largest absolute Gasteiger partial charge is 0.573 e. The van der Waals surface area contributed by atoms with Crippen LogP contribution < -0.4 is 15.0 Å². The second-order valence-corrected chi connectivity index (χ2v) is 11.2. The Balaban J connectivity index is 1.36. The molecule has 1 heterocycles. The van der Waals surface area contributed by atoms with Gasteiger partial charge in [0.2, 0.25) is 5.91 Å². The van der Waals surface area contributed by atoms with Gasteiger partial charge in [-0.15, -0.1) is 18.3 Å². The van der Waals surface area contributed by atoms with E-state index in [1.807, 2.05) is 49.4 Å². The number of nitrogens with zero attached hydrogens (tertiary/aromatic N) is 5. The standard InChI is InChI=1S/C32H33F3N6O3S/c1-20(2)27-18-21(3)6-15-28(27)41(22(4)42)31(45-5)38-30(43)36-17-16-23-7-9-24(10-8-23)29-37-19-40(39-29)25-11-13-26(14-12-25)44-32(33,34)35/h6-15,18-20H,16-17H2,1-5H3,(H,36,43)/b38-31-. The second-order valence-electron chi connectivity index (χ2n) is 10.4. The molecule has 4 rings (SSSR count). The van der Waals surface area contributed by atoms with Gasteiger partial charge in [0, 0.05) is 19.0 Å². The Morgan fingerprint density at radius 3 is 2.36 bits per heavy atom. The van der Waals surface area contributed by atoms with Crippen molar-refractivity contribution >= 4 is 34.6 Å². The van der Waals surface area contributed by atoms with E-state index in [-0.39, 0.29) is 22.7 Å². The summed E-state index contributed by atoms with van der Waals surface area (Å²) in [7, 11) is 0. The van der Waals surface area contributed by atoms with Crippen molar-refractivity contribution in [2.24, 2.45) is 4.99 Å². The SMILES string of the molecule is CS/C(=N\C(=O)NCCc1ccc(-c2ncn(-c3ccc(OC(F)(F)F)cc3)n2)cc1)N(C(C)=O)c1ccc(C)cc1C(C)C. The van der Waals surface area contributed by atoms with Crippen LogP contribution in [0.25, 0.3) is 17.1 Å². The number of thioether (sulfide) groups is 1. The highest BCUT2D eigenvalue weighted by Crippen LogP contribution is 2.31. The molecule has 0 saturated heterocycles. The molecule has 9 nitrogen and oxygen atoms in total. The molecular weight excluding hydrogens is 605 g/mol. The topological polar surface area (TPSA) is 102 Å². The minimum Gasteiger partial charge on any atom is -0.406 e. The maximum absolute atomic E-state index is 12.7. The second kappa shape index (κ2) is 14.4. The number of benzene rings is 3. The fourth-order valence-electron chi connectivity index (χ4n) is 4.52. The van der Waals surface area contributed by atoms with Crippen LogP contribution in [0.4, 0.5) is 23.7 Å². The molecule has 4 aromatic rings. The maximum atomic E-state index is 12.7. The summed E-state index contributed by atoms with van der Waals surface area (Å²) >= 11 is 1.22. The lowest BCUT2D eigenvalue weighted by molar-refractivity contribution is -0.274. The van der Waals surface area contributed by atoms with Gasteiger partial charge in [-0.2, -0.15) is 4.99 Å². The van der Waals surface area contributed by atoms with E-state index in [0.29, 0.717) is 30.2 Å². The molecule has 0 bridgehead atoms. The van der Waals surface area contributed by atoms with Gasteiger partial charge in [0.1, 0.15) is 12.1 Å². The Morgan fingerprint density at radius 2 is 1.76 bits per heavy atom. The molecule has 0 fully saturated rings. The third-order valence-electron chi connectivity index (χ3n) is 6.66. The average molecular weight is 639 g/mol. The van der Waals surface area contributed by atoms with E-state index in [9.17, 15) is 22.8 Å². The number of hydrogen-bond donors (Lipinski definition) is 1. The van der Waals surface area contributed by atoms with Gasteiger partial charge in [-0.25, -0.2) is 14.5 Å². The molecule has 13 heteroatoms. The molecule has 3 aromatic carbocycles. The number of aromatic nitrogens is 3. The Bertz CT molecular complexity index is 1670. The zero-order valence-corrected chi connectivity index (χ0v) is 26.2. The van der Waals surface area contributed by atoms with Crippen LogP contribution in [0.5, 0.6) is 5.75 Å². The number of nitrogens with one attached hydrogen (secondary N) is 1. The Morgan fingerprint density at radius 1 is 1.07 bits per heavy atom. The number of carbonyl (C=O) groups excluding carboxylic acids is 2. The number of amidine groups is 1. The summed E-state index contributed by atoms with van der Waals surface area (Å²) < 4.78 is 42.6. The summed E-state index contributed by atoms with van der Waals surface area (Å²) in [5.41, 5.74) is 5.00. The molecule has 0 aliphatic heterocycles. The van der Waals surface area contributed by atoms with Crippen LogP contribution in [-0.2, 0) is 11.2 Å². The summed E-state index contributed by atoms with van der Waals surface area (Å²) in [5, 5.41) is 7.49. The molecule has 0 saturated carbocycles. The predicted octanol–water partition coefficient (Wildman–Crippen LogP) is 7.29. The van der Waals surface area contributed by atoms with Crippen molar-refractivity contribution in [3.8, 4) is 22.8 Å². The highest BCUT2D eigenvalue weighted by Gasteiger charge is 2.31. The number of urea groups is 1. The monoisotopic (exact) mass is 638 g/mol. The Hall–Kier alpha value is -4.65. The molecular formula is C32H33F3N6O3S. The number of hydrogen-bond acceptors (Lipinski definition) is 6. The maximum Gasteiger partial charge on any atom is 0.573 e. The first-order valence-electron chi connectivity index (χ1n) is 14.0. The molecule has 0 spiro atoms. The first-order valence-corrected chi connectivity index (χ1v) is 15.3. The number of aryl methyl sites for hydroxylation is 1. The van der Waals surface area contributed by atoms with Crippen molar-refractivity contribution in [3.63, 3.8) is 0 Å². The third kappa shape index (κ3) is 8.94. The molecule has 45 heavy (non-hydrogen) atoms. The van der Waals surface area contributed by atoms with Gasteiger partial charge in [0.05, 0.1) is 11.4 Å². The lowest BCUT2D eigenvalue weighted by Crippen LogP contribution is -2.36. The van der Waals surface area contributed by atoms with Crippen molar-refractivity contribution in [3.05, 3.63) is 89.7 Å². The van der Waals surface area contributed by atoms with Crippen LogP contribution in [0.1, 0.15) is 43.4 Å². The molecule has 236 valence electrons. The normalized spacial score (nSPS) is 11.9. The summed E-state index contributed by atoms with van der Waals surface area (Å²) in [6.07, 6.45) is -0.981. The molecule has 0 radical (unpaired) electrons. The van der Waals surface area contributed by atoms with Crippen LogP contribution in [0.15, 0.2) is 78.0 Å².